The Hall–Kier alpha value is -1.39. The lowest BCUT2D eigenvalue weighted by molar-refractivity contribution is -0.0593. The van der Waals surface area contributed by atoms with Gasteiger partial charge >= 0.3 is 0 Å². The third-order valence-corrected chi connectivity index (χ3v) is 4.11. The molecule has 116 valence electrons. The standard InChI is InChI=1S/C17H25NO3/c1-5-16-11-21-12(2)9-18(16)10-15-8-14(13(3)19)6-7-17(15)20-4/h6-8,12,16H,5,9-11H2,1-4H3. The molecule has 2 atom stereocenters. The van der Waals surface area contributed by atoms with E-state index in [4.69, 9.17) is 9.47 Å². The lowest BCUT2D eigenvalue weighted by Gasteiger charge is -2.38. The normalized spacial score (nSPS) is 23.0. The first-order valence-electron chi connectivity index (χ1n) is 7.58. The molecule has 0 spiro atoms. The van der Waals surface area contributed by atoms with Gasteiger partial charge in [-0.25, -0.2) is 0 Å². The van der Waals surface area contributed by atoms with Gasteiger partial charge in [-0.2, -0.15) is 0 Å². The van der Waals surface area contributed by atoms with Crippen LogP contribution in [0.25, 0.3) is 0 Å². The number of carbonyl (C=O) groups is 1. The van der Waals surface area contributed by atoms with E-state index in [1.54, 1.807) is 14.0 Å². The highest BCUT2D eigenvalue weighted by Gasteiger charge is 2.26. The van der Waals surface area contributed by atoms with E-state index in [9.17, 15) is 4.79 Å². The predicted molar refractivity (Wildman–Crippen MR) is 82.9 cm³/mol. The van der Waals surface area contributed by atoms with Gasteiger partial charge in [0.1, 0.15) is 5.75 Å². The summed E-state index contributed by atoms with van der Waals surface area (Å²) in [5.41, 5.74) is 1.80. The Labute approximate surface area is 127 Å². The Morgan fingerprint density at radius 2 is 2.24 bits per heavy atom. The summed E-state index contributed by atoms with van der Waals surface area (Å²) in [6.45, 7) is 8.34. The van der Waals surface area contributed by atoms with Crippen molar-refractivity contribution in [3.63, 3.8) is 0 Å². The van der Waals surface area contributed by atoms with Crippen molar-refractivity contribution in [2.45, 2.75) is 45.9 Å². The zero-order valence-corrected chi connectivity index (χ0v) is 13.4. The number of hydrogen-bond acceptors (Lipinski definition) is 4. The Bertz CT molecular complexity index is 501. The van der Waals surface area contributed by atoms with Crippen LogP contribution in [0, 0.1) is 0 Å². The van der Waals surface area contributed by atoms with Gasteiger partial charge in [-0.05, 0) is 38.5 Å². The summed E-state index contributed by atoms with van der Waals surface area (Å²) < 4.78 is 11.2. The zero-order chi connectivity index (χ0) is 15.4. The monoisotopic (exact) mass is 291 g/mol. The molecule has 0 aromatic heterocycles. The number of Topliss-reactive ketones (excluding diaryl/α,β-unsaturated/α-hetero) is 1. The second-order valence-corrected chi connectivity index (χ2v) is 5.72. The first-order valence-corrected chi connectivity index (χ1v) is 7.58. The second kappa shape index (κ2) is 7.05. The van der Waals surface area contributed by atoms with Gasteiger partial charge in [-0.15, -0.1) is 0 Å². The molecule has 2 unspecified atom stereocenters. The molecule has 4 nitrogen and oxygen atoms in total. The quantitative estimate of drug-likeness (QED) is 0.782. The van der Waals surface area contributed by atoms with Crippen LogP contribution >= 0.6 is 0 Å². The zero-order valence-electron chi connectivity index (χ0n) is 13.4. The number of hydrogen-bond donors (Lipinski definition) is 0. The van der Waals surface area contributed by atoms with E-state index >= 15 is 0 Å². The molecule has 1 aromatic carbocycles. The van der Waals surface area contributed by atoms with Gasteiger partial charge in [0.2, 0.25) is 0 Å². The van der Waals surface area contributed by atoms with E-state index in [-0.39, 0.29) is 11.9 Å². The fraction of sp³-hybridized carbons (Fsp3) is 0.588. The molecule has 0 N–H and O–H groups in total. The average Bonchev–Trinajstić information content (AvgIpc) is 2.47. The van der Waals surface area contributed by atoms with E-state index in [1.165, 1.54) is 0 Å². The maximum Gasteiger partial charge on any atom is 0.159 e. The molecule has 0 bridgehead atoms. The summed E-state index contributed by atoms with van der Waals surface area (Å²) in [5, 5.41) is 0. The number of rotatable bonds is 5. The fourth-order valence-electron chi connectivity index (χ4n) is 2.82. The Kier molecular flexibility index (Phi) is 5.37. The fourth-order valence-corrected chi connectivity index (χ4v) is 2.82. The van der Waals surface area contributed by atoms with Crippen LogP contribution in [-0.2, 0) is 11.3 Å². The molecular weight excluding hydrogens is 266 g/mol. The van der Waals surface area contributed by atoms with Crippen LogP contribution in [0.4, 0.5) is 0 Å². The van der Waals surface area contributed by atoms with E-state index in [0.29, 0.717) is 6.04 Å². The van der Waals surface area contributed by atoms with Crippen molar-refractivity contribution >= 4 is 5.78 Å². The number of nitrogens with zero attached hydrogens (tertiary/aromatic N) is 1. The van der Waals surface area contributed by atoms with Gasteiger partial charge in [-0.1, -0.05) is 6.92 Å². The molecule has 21 heavy (non-hydrogen) atoms. The SMILES string of the molecule is CCC1COC(C)CN1Cc1cc(C(C)=O)ccc1OC. The summed E-state index contributed by atoms with van der Waals surface area (Å²) in [6, 6.07) is 6.08. The molecule has 0 radical (unpaired) electrons. The van der Waals surface area contributed by atoms with E-state index in [2.05, 4.69) is 18.7 Å². The molecular formula is C17H25NO3. The summed E-state index contributed by atoms with van der Waals surface area (Å²) in [6.07, 6.45) is 1.30. The van der Waals surface area contributed by atoms with Gasteiger partial charge in [0.05, 0.1) is 19.8 Å². The third-order valence-electron chi connectivity index (χ3n) is 4.11. The maximum atomic E-state index is 11.6. The highest BCUT2D eigenvalue weighted by atomic mass is 16.5. The minimum Gasteiger partial charge on any atom is -0.496 e. The van der Waals surface area contributed by atoms with Crippen molar-refractivity contribution in [2.24, 2.45) is 0 Å². The molecule has 0 aliphatic carbocycles. The lowest BCUT2D eigenvalue weighted by atomic mass is 10.0. The number of methoxy groups -OCH3 is 1. The smallest absolute Gasteiger partial charge is 0.159 e. The van der Waals surface area contributed by atoms with Crippen molar-refractivity contribution in [2.75, 3.05) is 20.3 Å². The predicted octanol–water partition coefficient (Wildman–Crippen LogP) is 2.90. The largest absolute Gasteiger partial charge is 0.496 e. The molecule has 4 heteroatoms. The summed E-state index contributed by atoms with van der Waals surface area (Å²) in [4.78, 5) is 14.0. The Balaban J connectivity index is 2.23. The van der Waals surface area contributed by atoms with Crippen LogP contribution in [0.1, 0.15) is 43.1 Å². The highest BCUT2D eigenvalue weighted by Crippen LogP contribution is 2.25. The van der Waals surface area contributed by atoms with Crippen LogP contribution in [0.3, 0.4) is 0 Å². The molecule has 2 rings (SSSR count). The number of ether oxygens (including phenoxy) is 2. The highest BCUT2D eigenvalue weighted by molar-refractivity contribution is 5.94. The molecule has 0 saturated carbocycles. The summed E-state index contributed by atoms with van der Waals surface area (Å²) >= 11 is 0. The van der Waals surface area contributed by atoms with Gasteiger partial charge < -0.3 is 9.47 Å². The molecule has 1 aliphatic heterocycles. The van der Waals surface area contributed by atoms with Crippen LogP contribution < -0.4 is 4.74 Å². The van der Waals surface area contributed by atoms with E-state index < -0.39 is 0 Å². The molecule has 1 aliphatic rings. The van der Waals surface area contributed by atoms with Gasteiger partial charge in [0.25, 0.3) is 0 Å². The molecule has 1 heterocycles. The van der Waals surface area contributed by atoms with Crippen molar-refractivity contribution < 1.29 is 14.3 Å². The van der Waals surface area contributed by atoms with Crippen LogP contribution in [0.5, 0.6) is 5.75 Å². The minimum atomic E-state index is 0.0845. The average molecular weight is 291 g/mol. The summed E-state index contributed by atoms with van der Waals surface area (Å²) in [5.74, 6) is 0.926. The molecule has 1 saturated heterocycles. The first-order chi connectivity index (χ1) is 10.0. The number of ketones is 1. The molecule has 1 aromatic rings. The van der Waals surface area contributed by atoms with Crippen LogP contribution in [0.2, 0.25) is 0 Å². The molecule has 0 amide bonds. The topological polar surface area (TPSA) is 38.8 Å². The van der Waals surface area contributed by atoms with Crippen molar-refractivity contribution in [1.29, 1.82) is 0 Å². The van der Waals surface area contributed by atoms with Crippen LogP contribution in [0.15, 0.2) is 18.2 Å². The van der Waals surface area contributed by atoms with Crippen molar-refractivity contribution in [3.8, 4) is 5.75 Å². The molecule has 1 fully saturated rings. The lowest BCUT2D eigenvalue weighted by Crippen LogP contribution is -2.47. The Morgan fingerprint density at radius 3 is 2.86 bits per heavy atom. The van der Waals surface area contributed by atoms with E-state index in [0.717, 1.165) is 43.0 Å². The van der Waals surface area contributed by atoms with Gasteiger partial charge in [0.15, 0.2) is 5.78 Å². The van der Waals surface area contributed by atoms with Crippen LogP contribution in [-0.4, -0.2) is 43.1 Å². The first kappa shape index (κ1) is 16.0. The van der Waals surface area contributed by atoms with E-state index in [1.807, 2.05) is 18.2 Å². The maximum absolute atomic E-state index is 11.6. The number of benzene rings is 1. The summed E-state index contributed by atoms with van der Waals surface area (Å²) in [7, 11) is 1.67. The number of morpholine rings is 1. The van der Waals surface area contributed by atoms with Crippen molar-refractivity contribution in [3.05, 3.63) is 29.3 Å². The third kappa shape index (κ3) is 3.83. The second-order valence-electron chi connectivity index (χ2n) is 5.72. The van der Waals surface area contributed by atoms with Gasteiger partial charge in [-0.3, -0.25) is 9.69 Å². The Morgan fingerprint density at radius 1 is 1.48 bits per heavy atom. The van der Waals surface area contributed by atoms with Crippen molar-refractivity contribution in [1.82, 2.24) is 4.90 Å². The minimum absolute atomic E-state index is 0.0845. The number of carbonyl (C=O) groups excluding carboxylic acids is 1. The van der Waals surface area contributed by atoms with Gasteiger partial charge in [0, 0.05) is 30.3 Å².